The van der Waals surface area contributed by atoms with Crippen LogP contribution in [0.2, 0.25) is 0 Å². The maximum atomic E-state index is 11.8. The third-order valence-electron chi connectivity index (χ3n) is 3.20. The van der Waals surface area contributed by atoms with E-state index in [1.54, 1.807) is 29.2 Å². The Kier molecular flexibility index (Phi) is 2.87. The molecule has 0 bridgehead atoms. The van der Waals surface area contributed by atoms with Crippen molar-refractivity contribution in [3.05, 3.63) is 54.1 Å². The number of para-hydroxylation sites is 3. The predicted octanol–water partition coefficient (Wildman–Crippen LogP) is 2.48. The van der Waals surface area contributed by atoms with Crippen molar-refractivity contribution in [1.82, 2.24) is 0 Å². The van der Waals surface area contributed by atoms with Gasteiger partial charge in [0.2, 0.25) is 5.91 Å². The number of carbonyl (C=O) groups is 2. The summed E-state index contributed by atoms with van der Waals surface area (Å²) in [5.41, 5.74) is 2.17. The van der Waals surface area contributed by atoms with Crippen LogP contribution in [0.1, 0.15) is 10.4 Å². The molecule has 0 fully saturated rings. The van der Waals surface area contributed by atoms with Gasteiger partial charge in [0, 0.05) is 0 Å². The van der Waals surface area contributed by atoms with Crippen LogP contribution < -0.4 is 10.2 Å². The summed E-state index contributed by atoms with van der Waals surface area (Å²) in [7, 11) is 0. The zero-order chi connectivity index (χ0) is 14.1. The van der Waals surface area contributed by atoms with E-state index >= 15 is 0 Å². The molecule has 100 valence electrons. The van der Waals surface area contributed by atoms with E-state index < -0.39 is 5.97 Å². The molecular formula is C15H12N2O3. The molecule has 2 N–H and O–H groups in total. The Morgan fingerprint density at radius 2 is 1.70 bits per heavy atom. The van der Waals surface area contributed by atoms with Gasteiger partial charge in [-0.2, -0.15) is 0 Å². The summed E-state index contributed by atoms with van der Waals surface area (Å²) in [5.74, 6) is -1.17. The maximum absolute atomic E-state index is 11.8. The number of carboxylic acid groups (broad SMARTS) is 1. The van der Waals surface area contributed by atoms with E-state index in [1.165, 1.54) is 6.07 Å². The first-order chi connectivity index (χ1) is 9.66. The minimum absolute atomic E-state index is 0.0985. The Morgan fingerprint density at radius 3 is 2.45 bits per heavy atom. The average molecular weight is 268 g/mol. The monoisotopic (exact) mass is 268 g/mol. The van der Waals surface area contributed by atoms with E-state index in [2.05, 4.69) is 5.32 Å². The molecule has 1 heterocycles. The lowest BCUT2D eigenvalue weighted by atomic mass is 10.1. The Morgan fingerprint density at radius 1 is 1.05 bits per heavy atom. The Bertz CT molecular complexity index is 697. The van der Waals surface area contributed by atoms with Crippen LogP contribution in [0.15, 0.2) is 48.5 Å². The quantitative estimate of drug-likeness (QED) is 0.877. The fraction of sp³-hybridized carbons (Fsp3) is 0.0667. The molecule has 0 unspecified atom stereocenters. The fourth-order valence-corrected chi connectivity index (χ4v) is 2.34. The van der Waals surface area contributed by atoms with E-state index in [0.717, 1.165) is 5.69 Å². The van der Waals surface area contributed by atoms with Crippen molar-refractivity contribution in [2.45, 2.75) is 0 Å². The van der Waals surface area contributed by atoms with Crippen LogP contribution in [0.5, 0.6) is 0 Å². The summed E-state index contributed by atoms with van der Waals surface area (Å²) in [5, 5.41) is 12.1. The average Bonchev–Trinajstić information content (AvgIpc) is 2.46. The van der Waals surface area contributed by atoms with E-state index in [9.17, 15) is 14.7 Å². The SMILES string of the molecule is O=C1CN(c2ccccc2C(=O)O)c2ccccc2N1. The molecule has 0 aromatic heterocycles. The van der Waals surface area contributed by atoms with Crippen molar-refractivity contribution in [3.8, 4) is 0 Å². The minimum atomic E-state index is -1.01. The number of aromatic carboxylic acids is 1. The third kappa shape index (κ3) is 1.99. The summed E-state index contributed by atoms with van der Waals surface area (Å²) in [6.45, 7) is 0.0985. The highest BCUT2D eigenvalue weighted by Gasteiger charge is 2.25. The number of amides is 1. The van der Waals surface area contributed by atoms with E-state index in [4.69, 9.17) is 0 Å². The second-order valence-electron chi connectivity index (χ2n) is 4.47. The lowest BCUT2D eigenvalue weighted by Gasteiger charge is -2.31. The predicted molar refractivity (Wildman–Crippen MR) is 75.5 cm³/mol. The number of hydrogen-bond donors (Lipinski definition) is 2. The number of nitrogens with one attached hydrogen (secondary N) is 1. The van der Waals surface area contributed by atoms with Crippen molar-refractivity contribution < 1.29 is 14.7 Å². The van der Waals surface area contributed by atoms with Gasteiger partial charge < -0.3 is 15.3 Å². The second kappa shape index (κ2) is 4.70. The van der Waals surface area contributed by atoms with Gasteiger partial charge in [-0.25, -0.2) is 4.79 Å². The van der Waals surface area contributed by atoms with Gasteiger partial charge in [0.15, 0.2) is 0 Å². The standard InChI is InChI=1S/C15H12N2O3/c18-14-9-17(13-8-4-2-6-11(13)16-14)12-7-3-1-5-10(12)15(19)20/h1-8H,9H2,(H,16,18)(H,19,20). The smallest absolute Gasteiger partial charge is 0.337 e. The van der Waals surface area contributed by atoms with Crippen LogP contribution in [0.4, 0.5) is 17.1 Å². The van der Waals surface area contributed by atoms with Gasteiger partial charge in [-0.15, -0.1) is 0 Å². The van der Waals surface area contributed by atoms with Crippen LogP contribution in [-0.4, -0.2) is 23.5 Å². The van der Waals surface area contributed by atoms with Gasteiger partial charge >= 0.3 is 5.97 Å². The molecule has 5 nitrogen and oxygen atoms in total. The number of fused-ring (bicyclic) bond motifs is 1. The molecule has 1 aliphatic rings. The zero-order valence-electron chi connectivity index (χ0n) is 10.5. The van der Waals surface area contributed by atoms with Crippen LogP contribution in [0, 0.1) is 0 Å². The van der Waals surface area contributed by atoms with Gasteiger partial charge in [-0.3, -0.25) is 4.79 Å². The van der Waals surface area contributed by atoms with Crippen LogP contribution in [-0.2, 0) is 4.79 Å². The Labute approximate surface area is 115 Å². The van der Waals surface area contributed by atoms with Gasteiger partial charge in [-0.05, 0) is 24.3 Å². The van der Waals surface area contributed by atoms with Gasteiger partial charge in [0.25, 0.3) is 0 Å². The molecule has 0 saturated heterocycles. The number of carbonyl (C=O) groups excluding carboxylic acids is 1. The van der Waals surface area contributed by atoms with E-state index in [0.29, 0.717) is 11.4 Å². The Hall–Kier alpha value is -2.82. The van der Waals surface area contributed by atoms with Gasteiger partial charge in [0.05, 0.1) is 22.6 Å². The number of anilines is 3. The molecule has 20 heavy (non-hydrogen) atoms. The van der Waals surface area contributed by atoms with Crippen LogP contribution in [0.3, 0.4) is 0 Å². The highest BCUT2D eigenvalue weighted by molar-refractivity contribution is 6.05. The van der Waals surface area contributed by atoms with Crippen molar-refractivity contribution >= 4 is 28.9 Å². The van der Waals surface area contributed by atoms with Crippen LogP contribution in [0.25, 0.3) is 0 Å². The first-order valence-corrected chi connectivity index (χ1v) is 6.15. The molecule has 2 aromatic rings. The molecule has 5 heteroatoms. The van der Waals surface area contributed by atoms with Crippen molar-refractivity contribution in [3.63, 3.8) is 0 Å². The Balaban J connectivity index is 2.16. The maximum Gasteiger partial charge on any atom is 0.337 e. The number of hydrogen-bond acceptors (Lipinski definition) is 3. The molecule has 0 saturated carbocycles. The molecular weight excluding hydrogens is 256 g/mol. The number of nitrogens with zero attached hydrogens (tertiary/aromatic N) is 1. The molecule has 0 atom stereocenters. The van der Waals surface area contributed by atoms with Crippen LogP contribution >= 0.6 is 0 Å². The largest absolute Gasteiger partial charge is 0.478 e. The van der Waals surface area contributed by atoms with Gasteiger partial charge in [0.1, 0.15) is 6.54 Å². The number of carboxylic acids is 1. The zero-order valence-corrected chi connectivity index (χ0v) is 10.5. The molecule has 1 aliphatic heterocycles. The third-order valence-corrected chi connectivity index (χ3v) is 3.20. The molecule has 0 radical (unpaired) electrons. The van der Waals surface area contributed by atoms with Crippen molar-refractivity contribution in [1.29, 1.82) is 0 Å². The molecule has 3 rings (SSSR count). The lowest BCUT2D eigenvalue weighted by Crippen LogP contribution is -2.35. The van der Waals surface area contributed by atoms with E-state index in [-0.39, 0.29) is 18.0 Å². The molecule has 2 aromatic carbocycles. The lowest BCUT2D eigenvalue weighted by molar-refractivity contribution is -0.115. The number of rotatable bonds is 2. The molecule has 0 spiro atoms. The fourth-order valence-electron chi connectivity index (χ4n) is 2.34. The number of benzene rings is 2. The highest BCUT2D eigenvalue weighted by atomic mass is 16.4. The highest BCUT2D eigenvalue weighted by Crippen LogP contribution is 2.36. The summed E-state index contributed by atoms with van der Waals surface area (Å²) >= 11 is 0. The molecule has 1 amide bonds. The first kappa shape index (κ1) is 12.2. The summed E-state index contributed by atoms with van der Waals surface area (Å²) in [4.78, 5) is 24.8. The van der Waals surface area contributed by atoms with Gasteiger partial charge in [-0.1, -0.05) is 24.3 Å². The summed E-state index contributed by atoms with van der Waals surface area (Å²) < 4.78 is 0. The minimum Gasteiger partial charge on any atom is -0.478 e. The van der Waals surface area contributed by atoms with Crippen molar-refractivity contribution in [2.24, 2.45) is 0 Å². The normalized spacial score (nSPS) is 13.6. The molecule has 0 aliphatic carbocycles. The first-order valence-electron chi connectivity index (χ1n) is 6.15. The second-order valence-corrected chi connectivity index (χ2v) is 4.47. The van der Waals surface area contributed by atoms with Crippen molar-refractivity contribution in [2.75, 3.05) is 16.8 Å². The van der Waals surface area contributed by atoms with E-state index in [1.807, 2.05) is 18.2 Å². The summed E-state index contributed by atoms with van der Waals surface area (Å²) in [6.07, 6.45) is 0. The summed E-state index contributed by atoms with van der Waals surface area (Å²) in [6, 6.07) is 14.0. The topological polar surface area (TPSA) is 69.6 Å².